The van der Waals surface area contributed by atoms with E-state index < -0.39 is 0 Å². The Bertz CT molecular complexity index is 320. The minimum absolute atomic E-state index is 0.529. The van der Waals surface area contributed by atoms with Crippen LogP contribution in [0.2, 0.25) is 0 Å². The first-order valence-electron chi connectivity index (χ1n) is 4.53. The van der Waals surface area contributed by atoms with E-state index in [1.165, 1.54) is 0 Å². The lowest BCUT2D eigenvalue weighted by Crippen LogP contribution is -1.84. The minimum atomic E-state index is 0.529. The number of allylic oxidation sites excluding steroid dienone is 6. The van der Waals surface area contributed by atoms with Gasteiger partial charge in [0.15, 0.2) is 0 Å². The normalized spacial score (nSPS) is 9.31. The molecule has 0 fully saturated rings. The molecule has 0 radical (unpaired) electrons. The second-order valence-corrected chi connectivity index (χ2v) is 2.81. The van der Waals surface area contributed by atoms with Gasteiger partial charge >= 0.3 is 0 Å². The van der Waals surface area contributed by atoms with Gasteiger partial charge in [-0.2, -0.15) is 0 Å². The van der Waals surface area contributed by atoms with Gasteiger partial charge in [0.2, 0.25) is 0 Å². The van der Waals surface area contributed by atoms with Crippen LogP contribution in [0.5, 0.6) is 0 Å². The molecular formula is C14H18O2. The van der Waals surface area contributed by atoms with Crippen molar-refractivity contribution in [3.8, 4) is 0 Å². The number of rotatable bonds is 6. The molecule has 86 valence electrons. The summed E-state index contributed by atoms with van der Waals surface area (Å²) in [5, 5.41) is 0. The van der Waals surface area contributed by atoms with E-state index in [1.807, 2.05) is 19.8 Å². The van der Waals surface area contributed by atoms with Gasteiger partial charge in [0.1, 0.15) is 18.3 Å². The van der Waals surface area contributed by atoms with Crippen molar-refractivity contribution in [1.82, 2.24) is 0 Å². The molecule has 0 aliphatic carbocycles. The highest BCUT2D eigenvalue weighted by atomic mass is 16.5. The van der Waals surface area contributed by atoms with E-state index in [0.29, 0.717) is 11.5 Å². The molecule has 0 aromatic carbocycles. The van der Waals surface area contributed by atoms with Gasteiger partial charge in [-0.25, -0.2) is 0 Å². The smallest absolute Gasteiger partial charge is 0.120 e. The number of ether oxygens (including phenoxy) is 1. The molecule has 0 spiro atoms. The van der Waals surface area contributed by atoms with Crippen molar-refractivity contribution >= 4 is 6.79 Å². The molecule has 0 amide bonds. The van der Waals surface area contributed by atoms with E-state index in [2.05, 4.69) is 26.3 Å². The maximum atomic E-state index is 8.00. The van der Waals surface area contributed by atoms with Gasteiger partial charge in [-0.3, -0.25) is 0 Å². The summed E-state index contributed by atoms with van der Waals surface area (Å²) in [6.07, 6.45) is 8.69. The monoisotopic (exact) mass is 218 g/mol. The Hall–Kier alpha value is -2.09. The summed E-state index contributed by atoms with van der Waals surface area (Å²) in [6.45, 7) is 18.6. The van der Waals surface area contributed by atoms with E-state index in [0.717, 1.165) is 5.57 Å². The third kappa shape index (κ3) is 11.9. The second-order valence-electron chi connectivity index (χ2n) is 2.81. The van der Waals surface area contributed by atoms with E-state index in [9.17, 15) is 0 Å². The highest BCUT2D eigenvalue weighted by Crippen LogP contribution is 2.06. The molecule has 0 aliphatic heterocycles. The second kappa shape index (κ2) is 11.0. The zero-order chi connectivity index (χ0) is 13.0. The predicted octanol–water partition coefficient (Wildman–Crippen LogP) is 3.72. The Morgan fingerprint density at radius 1 is 1.00 bits per heavy atom. The SMILES string of the molecule is C=C/C=C\C(=C)OC(=C)/C=C\C(=C)C.C=O. The van der Waals surface area contributed by atoms with Crippen molar-refractivity contribution in [1.29, 1.82) is 0 Å². The lowest BCUT2D eigenvalue weighted by molar-refractivity contribution is -0.0979. The lowest BCUT2D eigenvalue weighted by atomic mass is 10.3. The molecule has 0 unspecified atom stereocenters. The summed E-state index contributed by atoms with van der Waals surface area (Å²) in [5.41, 5.74) is 0.946. The van der Waals surface area contributed by atoms with E-state index in [-0.39, 0.29) is 0 Å². The van der Waals surface area contributed by atoms with Crippen LogP contribution in [0.3, 0.4) is 0 Å². The molecule has 0 aromatic heterocycles. The number of hydrogen-bond acceptors (Lipinski definition) is 2. The van der Waals surface area contributed by atoms with Crippen LogP contribution in [0.4, 0.5) is 0 Å². The maximum absolute atomic E-state index is 8.00. The summed E-state index contributed by atoms with van der Waals surface area (Å²) < 4.78 is 5.25. The highest BCUT2D eigenvalue weighted by molar-refractivity contribution is 5.22. The molecule has 0 bridgehead atoms. The standard InChI is InChI=1S/C13H16O.CH2O/c1-6-7-8-12(4)14-13(5)10-9-11(2)3;1-2/h6-10H,1-2,4-5H2,3H3;1H2/b8-7-,10-9-;. The molecule has 0 saturated carbocycles. The minimum Gasteiger partial charge on any atom is -0.459 e. The maximum Gasteiger partial charge on any atom is 0.120 e. The Labute approximate surface area is 97.6 Å². The van der Waals surface area contributed by atoms with Crippen molar-refractivity contribution in [2.24, 2.45) is 0 Å². The van der Waals surface area contributed by atoms with Crippen LogP contribution in [0.25, 0.3) is 0 Å². The fourth-order valence-corrected chi connectivity index (χ4v) is 0.647. The van der Waals surface area contributed by atoms with Crippen molar-refractivity contribution in [3.63, 3.8) is 0 Å². The largest absolute Gasteiger partial charge is 0.459 e. The van der Waals surface area contributed by atoms with Gasteiger partial charge < -0.3 is 9.53 Å². The molecule has 0 saturated heterocycles. The fraction of sp³-hybridized carbons (Fsp3) is 0.0714. The Kier molecular flexibility index (Phi) is 11.2. The Morgan fingerprint density at radius 2 is 1.50 bits per heavy atom. The Balaban J connectivity index is 0. The van der Waals surface area contributed by atoms with Crippen LogP contribution >= 0.6 is 0 Å². The highest BCUT2D eigenvalue weighted by Gasteiger charge is 1.90. The lowest BCUT2D eigenvalue weighted by Gasteiger charge is -2.03. The van der Waals surface area contributed by atoms with Gasteiger partial charge in [0, 0.05) is 0 Å². The van der Waals surface area contributed by atoms with Crippen LogP contribution in [0.15, 0.2) is 73.8 Å². The van der Waals surface area contributed by atoms with Gasteiger partial charge in [-0.15, -0.1) is 0 Å². The number of carbonyl (C=O) groups excluding carboxylic acids is 1. The van der Waals surface area contributed by atoms with Crippen molar-refractivity contribution in [3.05, 3.63) is 73.8 Å². The molecule has 0 N–H and O–H groups in total. The average molecular weight is 218 g/mol. The molecular weight excluding hydrogens is 200 g/mol. The summed E-state index contributed by atoms with van der Waals surface area (Å²) >= 11 is 0. The van der Waals surface area contributed by atoms with Crippen LogP contribution in [-0.2, 0) is 9.53 Å². The fourth-order valence-electron chi connectivity index (χ4n) is 0.647. The molecule has 2 nitrogen and oxygen atoms in total. The molecule has 0 atom stereocenters. The quantitative estimate of drug-likeness (QED) is 0.501. The van der Waals surface area contributed by atoms with Gasteiger partial charge in [-0.05, 0) is 19.1 Å². The molecule has 2 heteroatoms. The summed E-state index contributed by atoms with van der Waals surface area (Å²) in [4.78, 5) is 8.00. The molecule has 0 aliphatic rings. The molecule has 16 heavy (non-hydrogen) atoms. The van der Waals surface area contributed by atoms with Crippen LogP contribution in [-0.4, -0.2) is 6.79 Å². The van der Waals surface area contributed by atoms with Crippen molar-refractivity contribution in [2.45, 2.75) is 6.92 Å². The molecule has 0 heterocycles. The number of carbonyl (C=O) groups is 1. The number of hydrogen-bond donors (Lipinski definition) is 0. The summed E-state index contributed by atoms with van der Waals surface area (Å²) in [7, 11) is 0. The van der Waals surface area contributed by atoms with Crippen LogP contribution < -0.4 is 0 Å². The first kappa shape index (κ1) is 16.3. The third-order valence-electron chi connectivity index (χ3n) is 1.23. The van der Waals surface area contributed by atoms with E-state index in [1.54, 1.807) is 24.3 Å². The Morgan fingerprint density at radius 3 is 1.94 bits per heavy atom. The average Bonchev–Trinajstić information content (AvgIpc) is 2.26. The molecule has 0 aromatic rings. The predicted molar refractivity (Wildman–Crippen MR) is 69.8 cm³/mol. The zero-order valence-electron chi connectivity index (χ0n) is 9.74. The van der Waals surface area contributed by atoms with Gasteiger partial charge in [0.05, 0.1) is 0 Å². The molecule has 0 rings (SSSR count). The van der Waals surface area contributed by atoms with E-state index >= 15 is 0 Å². The van der Waals surface area contributed by atoms with Crippen molar-refractivity contribution < 1.29 is 9.53 Å². The third-order valence-corrected chi connectivity index (χ3v) is 1.23. The zero-order valence-corrected chi connectivity index (χ0v) is 9.74. The first-order valence-corrected chi connectivity index (χ1v) is 4.53. The first-order chi connectivity index (χ1) is 7.56. The van der Waals surface area contributed by atoms with E-state index in [4.69, 9.17) is 9.53 Å². The van der Waals surface area contributed by atoms with Crippen LogP contribution in [0.1, 0.15) is 6.92 Å². The van der Waals surface area contributed by atoms with Crippen LogP contribution in [0, 0.1) is 0 Å². The topological polar surface area (TPSA) is 26.3 Å². The van der Waals surface area contributed by atoms with Gasteiger partial charge in [-0.1, -0.05) is 50.1 Å². The van der Waals surface area contributed by atoms with Crippen molar-refractivity contribution in [2.75, 3.05) is 0 Å². The van der Waals surface area contributed by atoms with Gasteiger partial charge in [0.25, 0.3) is 0 Å². The summed E-state index contributed by atoms with van der Waals surface area (Å²) in [6, 6.07) is 0. The summed E-state index contributed by atoms with van der Waals surface area (Å²) in [5.74, 6) is 1.06.